The summed E-state index contributed by atoms with van der Waals surface area (Å²) in [6, 6.07) is 0. The fourth-order valence-corrected chi connectivity index (χ4v) is 0. The van der Waals surface area contributed by atoms with E-state index in [2.05, 4.69) is 13.8 Å². The first kappa shape index (κ1) is 15.6. The van der Waals surface area contributed by atoms with Crippen LogP contribution in [0, 0.1) is 0 Å². The van der Waals surface area contributed by atoms with Gasteiger partial charge in [-0.2, -0.15) is 9.90 Å². The number of halogens is 1. The molecule has 6 heavy (non-hydrogen) atoms. The van der Waals surface area contributed by atoms with Crippen LogP contribution in [0.1, 0.15) is 13.8 Å². The van der Waals surface area contributed by atoms with E-state index in [9.17, 15) is 0 Å². The van der Waals surface area contributed by atoms with Gasteiger partial charge in [-0.3, -0.25) is 0 Å². The topological polar surface area (TPSA) is 0 Å². The Morgan fingerprint density at radius 3 is 1.33 bits per heavy atom. The Morgan fingerprint density at radius 2 is 1.33 bits per heavy atom. The molecular weight excluding hydrogens is 171 g/mol. The minimum Gasteiger partial charge on any atom is -1.00 e. The average Bonchev–Trinajstić information content (AvgIpc) is 0.811. The Morgan fingerprint density at radius 1 is 1.33 bits per heavy atom. The molecule has 1 atom stereocenters. The Hall–Kier alpha value is 1.68. The van der Waals surface area contributed by atoms with Gasteiger partial charge in [0.1, 0.15) is 0 Å². The van der Waals surface area contributed by atoms with Gasteiger partial charge in [0, 0.05) is 0 Å². The summed E-state index contributed by atoms with van der Waals surface area (Å²) in [6.07, 6.45) is 0. The largest absolute Gasteiger partial charge is 1.00 e. The van der Waals surface area contributed by atoms with E-state index in [1.54, 1.807) is 0 Å². The van der Waals surface area contributed by atoms with Gasteiger partial charge in [0.2, 0.25) is 0 Å². The molecule has 0 spiro atoms. The summed E-state index contributed by atoms with van der Waals surface area (Å²) in [6.45, 7) is 4.36. The van der Waals surface area contributed by atoms with E-state index in [0.717, 1.165) is 4.05 Å². The molecule has 0 aromatic carbocycles. The monoisotopic (exact) mass is 180 g/mol. The summed E-state index contributed by atoms with van der Waals surface area (Å²) in [7, 11) is 0. The molecule has 0 saturated heterocycles. The smallest absolute Gasteiger partial charge is 0.153 e. The fourth-order valence-electron chi connectivity index (χ4n) is 0. The molecule has 0 nitrogen and oxygen atoms in total. The molecule has 0 aromatic rings. The molecule has 3 heteroatoms. The van der Waals surface area contributed by atoms with Crippen molar-refractivity contribution in [2.24, 2.45) is 0 Å². The molecule has 0 heterocycles. The second-order valence-electron chi connectivity index (χ2n) is 1.39. The van der Waals surface area contributed by atoms with Gasteiger partial charge in [-0.05, 0) is 0 Å². The molecule has 0 amide bonds. The normalized spacial score (nSPS) is 6.17. The molecule has 0 radical (unpaired) electrons. The second kappa shape index (κ2) is 9.84. The van der Waals surface area contributed by atoms with Crippen LogP contribution in [0.4, 0.5) is 0 Å². The third kappa shape index (κ3) is 44.2. The molecular formula is C3H10BrMgP. The number of rotatable bonds is 0. The molecule has 0 aliphatic carbocycles. The third-order valence-corrected chi connectivity index (χ3v) is 0. The van der Waals surface area contributed by atoms with Crippen LogP contribution in [-0.4, -0.2) is 21.7 Å². The van der Waals surface area contributed by atoms with E-state index in [1.165, 1.54) is 0 Å². The van der Waals surface area contributed by atoms with Crippen LogP contribution >= 0.6 is 9.90 Å². The summed E-state index contributed by atoms with van der Waals surface area (Å²) in [5.41, 5.74) is 0. The van der Waals surface area contributed by atoms with E-state index < -0.39 is 0 Å². The molecule has 36 valence electrons. The Labute approximate surface area is 66.3 Å². The van der Waals surface area contributed by atoms with Crippen LogP contribution in [-0.2, 0) is 0 Å². The molecule has 1 unspecified atom stereocenters. The summed E-state index contributed by atoms with van der Waals surface area (Å²) < 4.78 is 0.861. The third-order valence-electron chi connectivity index (χ3n) is 0. The fraction of sp³-hybridized carbons (Fsp3) is 1.00. The van der Waals surface area contributed by atoms with Crippen molar-refractivity contribution in [2.45, 2.75) is 17.9 Å². The molecule has 0 aromatic heterocycles. The van der Waals surface area contributed by atoms with Crippen molar-refractivity contribution in [1.82, 2.24) is 0 Å². The SMILES string of the molecule is C[CH](C)[Mg+].P.[Br-]. The van der Waals surface area contributed by atoms with Gasteiger partial charge in [0.15, 0.2) is 0 Å². The van der Waals surface area contributed by atoms with Gasteiger partial charge in [-0.25, -0.2) is 0 Å². The van der Waals surface area contributed by atoms with Gasteiger partial charge >= 0.3 is 39.6 Å². The van der Waals surface area contributed by atoms with E-state index in [-0.39, 0.29) is 26.9 Å². The minimum absolute atomic E-state index is 0. The zero-order valence-electron chi connectivity index (χ0n) is 4.37. The van der Waals surface area contributed by atoms with Crippen molar-refractivity contribution in [3.05, 3.63) is 0 Å². The van der Waals surface area contributed by atoms with Crippen LogP contribution in [0.2, 0.25) is 4.05 Å². The predicted octanol–water partition coefficient (Wildman–Crippen LogP) is -1.95. The maximum atomic E-state index is 2.18. The van der Waals surface area contributed by atoms with Crippen molar-refractivity contribution >= 4 is 31.6 Å². The molecule has 0 rings (SSSR count). The first-order valence-electron chi connectivity index (χ1n) is 1.56. The quantitative estimate of drug-likeness (QED) is 0.301. The molecule has 0 fully saturated rings. The maximum Gasteiger partial charge on any atom is -0.153 e. The Kier molecular flexibility index (Phi) is 25.7. The summed E-state index contributed by atoms with van der Waals surface area (Å²) in [4.78, 5) is 0. The van der Waals surface area contributed by atoms with E-state index in [4.69, 9.17) is 0 Å². The van der Waals surface area contributed by atoms with E-state index in [0.29, 0.717) is 0 Å². The summed E-state index contributed by atoms with van der Waals surface area (Å²) in [5.74, 6) is 0. The van der Waals surface area contributed by atoms with Gasteiger partial charge in [0.05, 0.1) is 0 Å². The Balaban J connectivity index is -0.0000000450. The molecule has 0 aliphatic heterocycles. The molecule has 0 aliphatic rings. The second-order valence-corrected chi connectivity index (χ2v) is 3.03. The number of hydrogen-bond donors (Lipinski definition) is 0. The van der Waals surface area contributed by atoms with Crippen molar-refractivity contribution in [2.75, 3.05) is 0 Å². The standard InChI is InChI=1S/C3H7.BrH.Mg.H3P/c1-3-2;;;/h3H,1-2H3;1H;;1H3/q;;+1;/p-1. The van der Waals surface area contributed by atoms with Crippen molar-refractivity contribution in [3.8, 4) is 0 Å². The van der Waals surface area contributed by atoms with Crippen LogP contribution < -0.4 is 17.0 Å². The predicted molar refractivity (Wildman–Crippen MR) is 32.0 cm³/mol. The first-order valence-corrected chi connectivity index (χ1v) is 2.38. The zero-order chi connectivity index (χ0) is 3.58. The maximum absolute atomic E-state index is 2.18. The summed E-state index contributed by atoms with van der Waals surface area (Å²) >= 11 is 2.00. The zero-order valence-corrected chi connectivity index (χ0v) is 8.78. The van der Waals surface area contributed by atoms with Gasteiger partial charge in [0.25, 0.3) is 0 Å². The first-order chi connectivity index (χ1) is 1.73. The Bertz CT molecular complexity index is 15.5. The van der Waals surface area contributed by atoms with Gasteiger partial charge < -0.3 is 17.0 Å². The van der Waals surface area contributed by atoms with Crippen molar-refractivity contribution < 1.29 is 17.0 Å². The number of hydrogen-bond acceptors (Lipinski definition) is 0. The van der Waals surface area contributed by atoms with Gasteiger partial charge in [-0.1, -0.05) is 0 Å². The molecule has 0 bridgehead atoms. The van der Waals surface area contributed by atoms with E-state index in [1.807, 2.05) is 21.7 Å². The van der Waals surface area contributed by atoms with Crippen LogP contribution in [0.3, 0.4) is 0 Å². The van der Waals surface area contributed by atoms with Crippen molar-refractivity contribution in [3.63, 3.8) is 0 Å². The minimum atomic E-state index is 0. The van der Waals surface area contributed by atoms with E-state index >= 15 is 0 Å². The van der Waals surface area contributed by atoms with Crippen LogP contribution in [0.5, 0.6) is 0 Å². The molecule has 0 N–H and O–H groups in total. The van der Waals surface area contributed by atoms with Crippen LogP contribution in [0.15, 0.2) is 0 Å². The summed E-state index contributed by atoms with van der Waals surface area (Å²) in [5, 5.41) is 0. The van der Waals surface area contributed by atoms with Crippen molar-refractivity contribution in [1.29, 1.82) is 0 Å². The van der Waals surface area contributed by atoms with Gasteiger partial charge in [-0.15, -0.1) is 0 Å². The average molecular weight is 181 g/mol. The van der Waals surface area contributed by atoms with Crippen LogP contribution in [0.25, 0.3) is 0 Å². The molecule has 0 saturated carbocycles.